The SMILES string of the molecule is C[C@H](NC(=O)Cn1nnc2ccc(SC[C@H](N)C(=O)O)cc2c1=O)c1ccc(OC(F)(F)F)cc1. The van der Waals surface area contributed by atoms with Gasteiger partial charge >= 0.3 is 12.3 Å². The summed E-state index contributed by atoms with van der Waals surface area (Å²) in [6.07, 6.45) is -4.81. The molecule has 2 aromatic carbocycles. The lowest BCUT2D eigenvalue weighted by molar-refractivity contribution is -0.274. The molecule has 0 radical (unpaired) electrons. The number of halogens is 3. The Balaban J connectivity index is 1.68. The van der Waals surface area contributed by atoms with E-state index in [0.29, 0.717) is 16.0 Å². The summed E-state index contributed by atoms with van der Waals surface area (Å²) in [5.41, 5.74) is 5.74. The van der Waals surface area contributed by atoms with Crippen molar-refractivity contribution in [2.75, 3.05) is 5.75 Å². The number of nitrogens with two attached hydrogens (primary N) is 1. The second kappa shape index (κ2) is 10.7. The third-order valence-electron chi connectivity index (χ3n) is 4.72. The number of aliphatic carboxylic acids is 1. The summed E-state index contributed by atoms with van der Waals surface area (Å²) in [5, 5.41) is 19.4. The van der Waals surface area contributed by atoms with E-state index in [-0.39, 0.29) is 16.9 Å². The van der Waals surface area contributed by atoms with Crippen molar-refractivity contribution in [3.63, 3.8) is 0 Å². The van der Waals surface area contributed by atoms with Gasteiger partial charge in [0.1, 0.15) is 23.9 Å². The normalized spacial score (nSPS) is 13.3. The van der Waals surface area contributed by atoms with Crippen molar-refractivity contribution in [2.45, 2.75) is 36.8 Å². The van der Waals surface area contributed by atoms with Gasteiger partial charge in [0.05, 0.1) is 11.4 Å². The van der Waals surface area contributed by atoms with Crippen molar-refractivity contribution < 1.29 is 32.6 Å². The smallest absolute Gasteiger partial charge is 0.480 e. The zero-order valence-electron chi connectivity index (χ0n) is 18.2. The largest absolute Gasteiger partial charge is 0.573 e. The summed E-state index contributed by atoms with van der Waals surface area (Å²) >= 11 is 1.16. The lowest BCUT2D eigenvalue weighted by Crippen LogP contribution is -2.35. The van der Waals surface area contributed by atoms with Crippen LogP contribution in [0.1, 0.15) is 18.5 Å². The molecule has 186 valence electrons. The second-order valence-electron chi connectivity index (χ2n) is 7.39. The van der Waals surface area contributed by atoms with Gasteiger partial charge in [-0.2, -0.15) is 0 Å². The standard InChI is InChI=1S/C21H20F3N5O5S/c1-11(12-2-4-13(5-3-12)34-21(22,23)24)26-18(30)9-29-19(31)15-8-14(6-7-17(15)27-28-29)35-10-16(25)20(32)33/h2-8,11,16H,9-10,25H2,1H3,(H,26,30)(H,32,33)/t11-,16-/m0/s1. The molecule has 14 heteroatoms. The van der Waals surface area contributed by atoms with Crippen molar-refractivity contribution in [1.29, 1.82) is 0 Å². The van der Waals surface area contributed by atoms with Gasteiger partial charge in [0.25, 0.3) is 5.56 Å². The highest BCUT2D eigenvalue weighted by atomic mass is 32.2. The van der Waals surface area contributed by atoms with Gasteiger partial charge in [0.15, 0.2) is 0 Å². The monoisotopic (exact) mass is 511 g/mol. The lowest BCUT2D eigenvalue weighted by atomic mass is 10.1. The van der Waals surface area contributed by atoms with Gasteiger partial charge in [-0.05, 0) is 42.8 Å². The fraction of sp³-hybridized carbons (Fsp3) is 0.286. The second-order valence-corrected chi connectivity index (χ2v) is 8.49. The van der Waals surface area contributed by atoms with E-state index in [9.17, 15) is 27.6 Å². The summed E-state index contributed by atoms with van der Waals surface area (Å²) in [6, 6.07) is 8.10. The van der Waals surface area contributed by atoms with Crippen LogP contribution in [0.4, 0.5) is 13.2 Å². The number of rotatable bonds is 9. The van der Waals surface area contributed by atoms with Crippen LogP contribution in [0.25, 0.3) is 10.9 Å². The molecule has 0 spiro atoms. The Labute approximate surface area is 200 Å². The number of carbonyl (C=O) groups excluding carboxylic acids is 1. The zero-order chi connectivity index (χ0) is 25.8. The number of benzene rings is 2. The number of carboxylic acid groups (broad SMARTS) is 1. The number of alkyl halides is 3. The van der Waals surface area contributed by atoms with Crippen LogP contribution in [0.2, 0.25) is 0 Å². The molecule has 0 bridgehead atoms. The number of thioether (sulfide) groups is 1. The molecule has 0 unspecified atom stereocenters. The minimum absolute atomic E-state index is 0.0944. The van der Waals surface area contributed by atoms with Gasteiger partial charge in [0, 0.05) is 10.6 Å². The van der Waals surface area contributed by atoms with Gasteiger partial charge in [0.2, 0.25) is 5.91 Å². The maximum absolute atomic E-state index is 12.8. The number of aromatic nitrogens is 3. The predicted molar refractivity (Wildman–Crippen MR) is 120 cm³/mol. The van der Waals surface area contributed by atoms with Gasteiger partial charge in [-0.3, -0.25) is 14.4 Å². The minimum atomic E-state index is -4.81. The fourth-order valence-corrected chi connectivity index (χ4v) is 3.85. The Hall–Kier alpha value is -3.65. The van der Waals surface area contributed by atoms with Crippen LogP contribution in [0.3, 0.4) is 0 Å². The molecule has 3 rings (SSSR count). The highest BCUT2D eigenvalue weighted by molar-refractivity contribution is 7.99. The molecule has 1 amide bonds. The first kappa shape index (κ1) is 26.0. The molecule has 0 aliphatic rings. The van der Waals surface area contributed by atoms with E-state index in [2.05, 4.69) is 20.4 Å². The van der Waals surface area contributed by atoms with Crippen LogP contribution in [-0.2, 0) is 16.1 Å². The molecule has 1 heterocycles. The third-order valence-corrected chi connectivity index (χ3v) is 5.84. The van der Waals surface area contributed by atoms with Crippen LogP contribution < -0.4 is 21.3 Å². The Bertz CT molecular complexity index is 1280. The molecule has 2 atom stereocenters. The molecule has 0 saturated carbocycles. The Morgan fingerprint density at radius 2 is 1.91 bits per heavy atom. The number of ether oxygens (including phenoxy) is 1. The molecule has 0 aliphatic heterocycles. The van der Waals surface area contributed by atoms with Crippen LogP contribution in [0, 0.1) is 0 Å². The third kappa shape index (κ3) is 7.16. The zero-order valence-corrected chi connectivity index (χ0v) is 19.0. The molecule has 1 aromatic heterocycles. The molecule has 3 aromatic rings. The number of carbonyl (C=O) groups is 2. The van der Waals surface area contributed by atoms with E-state index in [1.165, 1.54) is 18.2 Å². The molecule has 0 aliphatic carbocycles. The predicted octanol–water partition coefficient (Wildman–Crippen LogP) is 2.07. The van der Waals surface area contributed by atoms with Gasteiger partial charge in [-0.15, -0.1) is 30.0 Å². The van der Waals surface area contributed by atoms with Crippen molar-refractivity contribution in [1.82, 2.24) is 20.3 Å². The van der Waals surface area contributed by atoms with Crippen LogP contribution in [0.15, 0.2) is 52.2 Å². The quantitative estimate of drug-likeness (QED) is 0.367. The van der Waals surface area contributed by atoms with Gasteiger partial charge in [-0.25, -0.2) is 4.68 Å². The lowest BCUT2D eigenvalue weighted by Gasteiger charge is -2.15. The van der Waals surface area contributed by atoms with E-state index < -0.39 is 42.4 Å². The van der Waals surface area contributed by atoms with E-state index in [1.54, 1.807) is 19.1 Å². The number of hydrogen-bond donors (Lipinski definition) is 3. The molecule has 0 saturated heterocycles. The average molecular weight is 511 g/mol. The Morgan fingerprint density at radius 1 is 1.23 bits per heavy atom. The molecule has 35 heavy (non-hydrogen) atoms. The van der Waals surface area contributed by atoms with E-state index in [4.69, 9.17) is 10.8 Å². The van der Waals surface area contributed by atoms with Gasteiger partial charge in [-0.1, -0.05) is 17.3 Å². The maximum atomic E-state index is 12.8. The molecule has 0 fully saturated rings. The number of fused-ring (bicyclic) bond motifs is 1. The summed E-state index contributed by atoms with van der Waals surface area (Å²) in [5.74, 6) is -2.00. The van der Waals surface area contributed by atoms with Crippen molar-refractivity contribution in [3.05, 3.63) is 58.4 Å². The molecular formula is C21H20F3N5O5S. The number of amides is 1. The maximum Gasteiger partial charge on any atom is 0.573 e. The van der Waals surface area contributed by atoms with E-state index in [0.717, 1.165) is 28.6 Å². The fourth-order valence-electron chi connectivity index (χ4n) is 2.97. The first-order valence-corrected chi connectivity index (χ1v) is 11.1. The van der Waals surface area contributed by atoms with Crippen LogP contribution in [-0.4, -0.2) is 50.1 Å². The average Bonchev–Trinajstić information content (AvgIpc) is 2.78. The molecule has 10 nitrogen and oxygen atoms in total. The van der Waals surface area contributed by atoms with Crippen LogP contribution in [0.5, 0.6) is 5.75 Å². The topological polar surface area (TPSA) is 149 Å². The first-order chi connectivity index (χ1) is 16.4. The number of nitrogens with one attached hydrogen (secondary N) is 1. The highest BCUT2D eigenvalue weighted by Gasteiger charge is 2.31. The van der Waals surface area contributed by atoms with Crippen molar-refractivity contribution in [3.8, 4) is 5.75 Å². The molecular weight excluding hydrogens is 491 g/mol. The number of hydrogen-bond acceptors (Lipinski definition) is 8. The minimum Gasteiger partial charge on any atom is -0.480 e. The van der Waals surface area contributed by atoms with Crippen molar-refractivity contribution >= 4 is 34.5 Å². The Morgan fingerprint density at radius 3 is 2.54 bits per heavy atom. The first-order valence-electron chi connectivity index (χ1n) is 10.1. The summed E-state index contributed by atoms with van der Waals surface area (Å²) in [6.45, 7) is 1.18. The van der Waals surface area contributed by atoms with Gasteiger partial charge < -0.3 is 20.9 Å². The molecule has 4 N–H and O–H groups in total. The number of nitrogens with zero attached hydrogens (tertiary/aromatic N) is 3. The number of carboxylic acids is 1. The Kier molecular flexibility index (Phi) is 7.96. The summed E-state index contributed by atoms with van der Waals surface area (Å²) < 4.78 is 41.5. The van der Waals surface area contributed by atoms with Crippen LogP contribution >= 0.6 is 11.8 Å². The summed E-state index contributed by atoms with van der Waals surface area (Å²) in [4.78, 5) is 36.7. The van der Waals surface area contributed by atoms with E-state index >= 15 is 0 Å². The van der Waals surface area contributed by atoms with E-state index in [1.807, 2.05) is 0 Å². The highest BCUT2D eigenvalue weighted by Crippen LogP contribution is 2.24. The van der Waals surface area contributed by atoms with Crippen molar-refractivity contribution in [2.24, 2.45) is 5.73 Å². The summed E-state index contributed by atoms with van der Waals surface area (Å²) in [7, 11) is 0.